The molecule has 0 saturated carbocycles. The maximum absolute atomic E-state index is 3.98. The van der Waals surface area contributed by atoms with Gasteiger partial charge >= 0.3 is 0 Å². The molecule has 2 heteroatoms. The molecule has 1 rings (SSSR count). The molecule has 0 N–H and O–H groups in total. The van der Waals surface area contributed by atoms with Crippen LogP contribution in [0.15, 0.2) is 25.0 Å². The lowest BCUT2D eigenvalue weighted by molar-refractivity contribution is 1.30. The summed E-state index contributed by atoms with van der Waals surface area (Å²) >= 11 is 2.22. The third-order valence-corrected chi connectivity index (χ3v) is 1.55. The van der Waals surface area contributed by atoms with Gasteiger partial charge in [-0.25, -0.2) is 0 Å². The van der Waals surface area contributed by atoms with Crippen molar-refractivity contribution in [3.05, 3.63) is 34.2 Å². The summed E-state index contributed by atoms with van der Waals surface area (Å²) in [6, 6.07) is 2.03. The Morgan fingerprint density at radius 2 is 2.33 bits per heavy atom. The van der Waals surface area contributed by atoms with E-state index in [2.05, 4.69) is 34.2 Å². The Labute approximate surface area is 68.0 Å². The predicted molar refractivity (Wildman–Crippen MR) is 47.0 cm³/mol. The van der Waals surface area contributed by atoms with Gasteiger partial charge in [0.1, 0.15) is 0 Å². The zero-order chi connectivity index (χ0) is 6.69. The average Bonchev–Trinajstić information content (AvgIpc) is 1.88. The number of hydrogen-bond acceptors (Lipinski definition) is 1. The highest BCUT2D eigenvalue weighted by Gasteiger charge is 1.85. The van der Waals surface area contributed by atoms with Gasteiger partial charge in [0.2, 0.25) is 0 Å². The molecule has 0 aliphatic rings. The van der Waals surface area contributed by atoms with E-state index in [1.54, 1.807) is 12.3 Å². The van der Waals surface area contributed by atoms with Crippen LogP contribution < -0.4 is 0 Å². The molecule has 0 aliphatic carbocycles. The van der Waals surface area contributed by atoms with Gasteiger partial charge in [-0.1, -0.05) is 12.7 Å². The zero-order valence-corrected chi connectivity index (χ0v) is 7.00. The third-order valence-electron chi connectivity index (χ3n) is 0.962. The van der Waals surface area contributed by atoms with E-state index >= 15 is 0 Å². The molecule has 0 unspecified atom stereocenters. The van der Waals surface area contributed by atoms with Crippen LogP contribution in [0, 0.1) is 3.57 Å². The zero-order valence-electron chi connectivity index (χ0n) is 4.84. The summed E-state index contributed by atoms with van der Waals surface area (Å²) in [6.45, 7) is 3.63. The van der Waals surface area contributed by atoms with Crippen molar-refractivity contribution in [1.29, 1.82) is 0 Å². The number of pyridine rings is 1. The van der Waals surface area contributed by atoms with Crippen LogP contribution in [0.5, 0.6) is 0 Å². The smallest absolute Gasteiger partial charge is 0.0401 e. The van der Waals surface area contributed by atoms with Crippen LogP contribution in [0.4, 0.5) is 0 Å². The van der Waals surface area contributed by atoms with Crippen molar-refractivity contribution in [3.63, 3.8) is 0 Å². The van der Waals surface area contributed by atoms with Crippen molar-refractivity contribution >= 4 is 28.7 Å². The molecule has 0 atom stereocenters. The second-order valence-electron chi connectivity index (χ2n) is 1.64. The van der Waals surface area contributed by atoms with Crippen molar-refractivity contribution in [1.82, 2.24) is 4.98 Å². The SMILES string of the molecule is C=Cc1cncc(I)c1. The summed E-state index contributed by atoms with van der Waals surface area (Å²) < 4.78 is 1.14. The van der Waals surface area contributed by atoms with E-state index in [4.69, 9.17) is 0 Å². The molecule has 0 aliphatic heterocycles. The van der Waals surface area contributed by atoms with Gasteiger partial charge in [-0.05, 0) is 34.2 Å². The first-order valence-corrected chi connectivity index (χ1v) is 3.64. The molecule has 46 valence electrons. The molecule has 1 nitrogen and oxygen atoms in total. The molecular weight excluding hydrogens is 225 g/mol. The summed E-state index contributed by atoms with van der Waals surface area (Å²) in [7, 11) is 0. The maximum Gasteiger partial charge on any atom is 0.0401 e. The average molecular weight is 231 g/mol. The fourth-order valence-electron chi connectivity index (χ4n) is 0.540. The molecule has 1 aromatic heterocycles. The lowest BCUT2D eigenvalue weighted by atomic mass is 10.3. The van der Waals surface area contributed by atoms with Crippen molar-refractivity contribution in [2.45, 2.75) is 0 Å². The van der Waals surface area contributed by atoms with Crippen LogP contribution in [-0.2, 0) is 0 Å². The highest BCUT2D eigenvalue weighted by molar-refractivity contribution is 14.1. The van der Waals surface area contributed by atoms with Crippen LogP contribution in [0.1, 0.15) is 5.56 Å². The molecule has 0 aromatic carbocycles. The molecule has 0 spiro atoms. The van der Waals surface area contributed by atoms with E-state index in [-0.39, 0.29) is 0 Å². The first kappa shape index (κ1) is 6.74. The number of halogens is 1. The van der Waals surface area contributed by atoms with Gasteiger partial charge in [-0.3, -0.25) is 4.98 Å². The summed E-state index contributed by atoms with van der Waals surface area (Å²) in [5.41, 5.74) is 1.07. The first-order chi connectivity index (χ1) is 4.33. The molecule has 0 saturated heterocycles. The van der Waals surface area contributed by atoms with Crippen molar-refractivity contribution in [3.8, 4) is 0 Å². The van der Waals surface area contributed by atoms with Gasteiger partial charge in [-0.2, -0.15) is 0 Å². The Balaban J connectivity index is 3.07. The molecule has 0 bridgehead atoms. The molecule has 0 fully saturated rings. The number of rotatable bonds is 1. The second-order valence-corrected chi connectivity index (χ2v) is 2.89. The Bertz CT molecular complexity index is 220. The van der Waals surface area contributed by atoms with E-state index in [0.717, 1.165) is 9.13 Å². The lowest BCUT2D eigenvalue weighted by Crippen LogP contribution is -1.76. The maximum atomic E-state index is 3.98. The van der Waals surface area contributed by atoms with Crippen LogP contribution in [0.3, 0.4) is 0 Å². The van der Waals surface area contributed by atoms with E-state index in [1.165, 1.54) is 0 Å². The van der Waals surface area contributed by atoms with Gasteiger partial charge in [0, 0.05) is 16.0 Å². The minimum Gasteiger partial charge on any atom is -0.263 e. The van der Waals surface area contributed by atoms with Crippen LogP contribution in [-0.4, -0.2) is 4.98 Å². The Hall–Kier alpha value is -0.380. The van der Waals surface area contributed by atoms with Crippen LogP contribution >= 0.6 is 22.6 Å². The molecular formula is C7H6IN. The lowest BCUT2D eigenvalue weighted by Gasteiger charge is -1.90. The van der Waals surface area contributed by atoms with Crippen molar-refractivity contribution in [2.24, 2.45) is 0 Å². The summed E-state index contributed by atoms with van der Waals surface area (Å²) in [4.78, 5) is 3.98. The minimum absolute atomic E-state index is 1.07. The van der Waals surface area contributed by atoms with E-state index < -0.39 is 0 Å². The Morgan fingerprint density at radius 1 is 1.56 bits per heavy atom. The van der Waals surface area contributed by atoms with Gasteiger partial charge in [0.25, 0.3) is 0 Å². The van der Waals surface area contributed by atoms with Gasteiger partial charge in [-0.15, -0.1) is 0 Å². The third kappa shape index (κ3) is 1.78. The summed E-state index contributed by atoms with van der Waals surface area (Å²) in [5, 5.41) is 0. The van der Waals surface area contributed by atoms with Gasteiger partial charge in [0.05, 0.1) is 0 Å². The normalized spacial score (nSPS) is 9.00. The Morgan fingerprint density at radius 3 is 2.78 bits per heavy atom. The minimum atomic E-state index is 1.07. The fraction of sp³-hybridized carbons (Fsp3) is 0. The molecule has 0 radical (unpaired) electrons. The first-order valence-electron chi connectivity index (χ1n) is 2.56. The highest BCUT2D eigenvalue weighted by Crippen LogP contribution is 2.05. The van der Waals surface area contributed by atoms with Crippen molar-refractivity contribution < 1.29 is 0 Å². The Kier molecular flexibility index (Phi) is 2.22. The van der Waals surface area contributed by atoms with E-state index in [1.807, 2.05) is 12.3 Å². The van der Waals surface area contributed by atoms with Gasteiger partial charge < -0.3 is 0 Å². The monoisotopic (exact) mass is 231 g/mol. The molecule has 1 aromatic rings. The quantitative estimate of drug-likeness (QED) is 0.676. The van der Waals surface area contributed by atoms with Crippen molar-refractivity contribution in [2.75, 3.05) is 0 Å². The molecule has 0 amide bonds. The van der Waals surface area contributed by atoms with E-state index in [9.17, 15) is 0 Å². The fourth-order valence-corrected chi connectivity index (χ4v) is 1.06. The summed E-state index contributed by atoms with van der Waals surface area (Å²) in [5.74, 6) is 0. The molecule has 9 heavy (non-hydrogen) atoms. The number of hydrogen-bond donors (Lipinski definition) is 0. The summed E-state index contributed by atoms with van der Waals surface area (Å²) in [6.07, 6.45) is 5.39. The largest absolute Gasteiger partial charge is 0.263 e. The number of aromatic nitrogens is 1. The van der Waals surface area contributed by atoms with Crippen LogP contribution in [0.2, 0.25) is 0 Å². The highest BCUT2D eigenvalue weighted by atomic mass is 127. The standard InChI is InChI=1S/C7H6IN/c1-2-6-3-7(8)5-9-4-6/h2-5H,1H2. The second kappa shape index (κ2) is 2.96. The van der Waals surface area contributed by atoms with Gasteiger partial charge in [0.15, 0.2) is 0 Å². The van der Waals surface area contributed by atoms with E-state index in [0.29, 0.717) is 0 Å². The number of nitrogens with zero attached hydrogens (tertiary/aromatic N) is 1. The topological polar surface area (TPSA) is 12.9 Å². The van der Waals surface area contributed by atoms with Crippen LogP contribution in [0.25, 0.3) is 6.08 Å². The predicted octanol–water partition coefficient (Wildman–Crippen LogP) is 2.33. The molecule has 1 heterocycles.